The van der Waals surface area contributed by atoms with E-state index in [1.807, 2.05) is 14.1 Å². The van der Waals surface area contributed by atoms with Gasteiger partial charge in [0.1, 0.15) is 5.82 Å². The summed E-state index contributed by atoms with van der Waals surface area (Å²) in [5, 5.41) is 0. The SMILES string of the molecule is CN(C)CCCOc1c(N)cc(F)cc1Br. The second-order valence-electron chi connectivity index (χ2n) is 3.81. The maximum atomic E-state index is 12.9. The van der Waals surface area contributed by atoms with E-state index in [0.29, 0.717) is 22.5 Å². The van der Waals surface area contributed by atoms with Gasteiger partial charge >= 0.3 is 0 Å². The van der Waals surface area contributed by atoms with Crippen molar-refractivity contribution >= 4 is 21.6 Å². The quantitative estimate of drug-likeness (QED) is 0.669. The molecule has 0 bridgehead atoms. The monoisotopic (exact) mass is 290 g/mol. The average molecular weight is 291 g/mol. The standard InChI is InChI=1S/C11H16BrFN2O/c1-15(2)4-3-5-16-11-9(12)6-8(13)7-10(11)14/h6-7H,3-5,14H2,1-2H3. The number of nitrogens with zero attached hydrogens (tertiary/aromatic N) is 1. The lowest BCUT2D eigenvalue weighted by Gasteiger charge is -2.13. The Morgan fingerprint density at radius 3 is 2.69 bits per heavy atom. The minimum Gasteiger partial charge on any atom is -0.490 e. The second-order valence-corrected chi connectivity index (χ2v) is 4.67. The number of hydrogen-bond acceptors (Lipinski definition) is 3. The summed E-state index contributed by atoms with van der Waals surface area (Å²) in [6.45, 7) is 1.51. The highest BCUT2D eigenvalue weighted by atomic mass is 79.9. The number of benzene rings is 1. The molecule has 0 radical (unpaired) electrons. The third kappa shape index (κ3) is 3.98. The molecule has 0 aliphatic carbocycles. The number of hydrogen-bond donors (Lipinski definition) is 1. The van der Waals surface area contributed by atoms with Crippen molar-refractivity contribution in [1.82, 2.24) is 4.90 Å². The first-order valence-electron chi connectivity index (χ1n) is 5.02. The lowest BCUT2D eigenvalue weighted by molar-refractivity contribution is 0.281. The van der Waals surface area contributed by atoms with Crippen molar-refractivity contribution in [1.29, 1.82) is 0 Å². The number of nitrogen functional groups attached to an aromatic ring is 1. The highest BCUT2D eigenvalue weighted by Crippen LogP contribution is 2.32. The lowest BCUT2D eigenvalue weighted by atomic mass is 10.3. The van der Waals surface area contributed by atoms with Crippen LogP contribution in [0, 0.1) is 5.82 Å². The lowest BCUT2D eigenvalue weighted by Crippen LogP contribution is -2.15. The minimum atomic E-state index is -0.370. The molecule has 0 saturated heterocycles. The van der Waals surface area contributed by atoms with Crippen LogP contribution in [-0.4, -0.2) is 32.1 Å². The summed E-state index contributed by atoms with van der Waals surface area (Å²) in [5.74, 6) is 0.144. The molecular weight excluding hydrogens is 275 g/mol. The predicted molar refractivity (Wildman–Crippen MR) is 67.2 cm³/mol. The molecule has 0 amide bonds. The van der Waals surface area contributed by atoms with Crippen LogP contribution in [0.2, 0.25) is 0 Å². The van der Waals surface area contributed by atoms with E-state index in [9.17, 15) is 4.39 Å². The van der Waals surface area contributed by atoms with E-state index in [4.69, 9.17) is 10.5 Å². The normalized spacial score (nSPS) is 10.8. The molecule has 90 valence electrons. The molecule has 16 heavy (non-hydrogen) atoms. The van der Waals surface area contributed by atoms with Gasteiger partial charge in [0.25, 0.3) is 0 Å². The number of anilines is 1. The van der Waals surface area contributed by atoms with E-state index < -0.39 is 0 Å². The second kappa shape index (κ2) is 6.06. The Kier molecular flexibility index (Phi) is 5.02. The fourth-order valence-corrected chi connectivity index (χ4v) is 1.85. The Bertz CT molecular complexity index is 335. The molecule has 0 unspecified atom stereocenters. The number of rotatable bonds is 5. The zero-order valence-corrected chi connectivity index (χ0v) is 11.1. The zero-order chi connectivity index (χ0) is 12.1. The van der Waals surface area contributed by atoms with Gasteiger partial charge in [-0.3, -0.25) is 0 Å². The third-order valence-electron chi connectivity index (χ3n) is 2.03. The van der Waals surface area contributed by atoms with Crippen molar-refractivity contribution < 1.29 is 9.13 Å². The van der Waals surface area contributed by atoms with Crippen molar-refractivity contribution in [2.24, 2.45) is 0 Å². The zero-order valence-electron chi connectivity index (χ0n) is 9.46. The molecule has 0 aliphatic heterocycles. The van der Waals surface area contributed by atoms with Gasteiger partial charge in [0, 0.05) is 12.6 Å². The van der Waals surface area contributed by atoms with E-state index >= 15 is 0 Å². The fraction of sp³-hybridized carbons (Fsp3) is 0.455. The third-order valence-corrected chi connectivity index (χ3v) is 2.62. The first kappa shape index (κ1) is 13.3. The molecule has 2 N–H and O–H groups in total. The van der Waals surface area contributed by atoms with E-state index in [0.717, 1.165) is 13.0 Å². The van der Waals surface area contributed by atoms with Crippen LogP contribution in [0.3, 0.4) is 0 Å². The molecule has 0 atom stereocenters. The molecule has 0 spiro atoms. The minimum absolute atomic E-state index is 0.316. The van der Waals surface area contributed by atoms with Crippen molar-refractivity contribution in [3.8, 4) is 5.75 Å². The first-order valence-corrected chi connectivity index (χ1v) is 5.82. The van der Waals surface area contributed by atoms with Gasteiger partial charge in [0.2, 0.25) is 0 Å². The molecule has 0 aromatic heterocycles. The Hall–Kier alpha value is -0.810. The van der Waals surface area contributed by atoms with E-state index in [2.05, 4.69) is 20.8 Å². The molecule has 1 rings (SSSR count). The van der Waals surface area contributed by atoms with Gasteiger partial charge in [-0.1, -0.05) is 0 Å². The van der Waals surface area contributed by atoms with E-state index in [-0.39, 0.29) is 5.82 Å². The predicted octanol–water partition coefficient (Wildman–Crippen LogP) is 2.50. The highest BCUT2D eigenvalue weighted by Gasteiger charge is 2.08. The van der Waals surface area contributed by atoms with Gasteiger partial charge < -0.3 is 15.4 Å². The van der Waals surface area contributed by atoms with Crippen LogP contribution in [0.1, 0.15) is 6.42 Å². The molecule has 0 fully saturated rings. The van der Waals surface area contributed by atoms with Gasteiger partial charge in [-0.2, -0.15) is 0 Å². The summed E-state index contributed by atoms with van der Waals surface area (Å²) in [6.07, 6.45) is 0.899. The Morgan fingerprint density at radius 1 is 1.44 bits per heavy atom. The van der Waals surface area contributed by atoms with Crippen LogP contribution in [0.4, 0.5) is 10.1 Å². The van der Waals surface area contributed by atoms with Crippen LogP contribution in [0.5, 0.6) is 5.75 Å². The van der Waals surface area contributed by atoms with Gasteiger partial charge in [-0.25, -0.2) is 4.39 Å². The van der Waals surface area contributed by atoms with E-state index in [1.54, 1.807) is 0 Å². The van der Waals surface area contributed by atoms with Crippen LogP contribution in [0.25, 0.3) is 0 Å². The maximum Gasteiger partial charge on any atom is 0.156 e. The van der Waals surface area contributed by atoms with Gasteiger partial charge in [0.15, 0.2) is 5.75 Å². The molecule has 3 nitrogen and oxygen atoms in total. The summed E-state index contributed by atoms with van der Waals surface area (Å²) in [6, 6.07) is 2.60. The van der Waals surface area contributed by atoms with Crippen molar-refractivity contribution in [3.63, 3.8) is 0 Å². The average Bonchev–Trinajstić information content (AvgIpc) is 2.14. The molecule has 0 saturated carbocycles. The molecule has 5 heteroatoms. The van der Waals surface area contributed by atoms with Crippen molar-refractivity contribution in [3.05, 3.63) is 22.4 Å². The molecule has 1 aromatic rings. The van der Waals surface area contributed by atoms with Crippen LogP contribution in [-0.2, 0) is 0 Å². The van der Waals surface area contributed by atoms with Crippen LogP contribution in [0.15, 0.2) is 16.6 Å². The van der Waals surface area contributed by atoms with Gasteiger partial charge in [-0.05, 0) is 42.5 Å². The molecule has 0 heterocycles. The summed E-state index contributed by atoms with van der Waals surface area (Å²) in [5.41, 5.74) is 5.98. The van der Waals surface area contributed by atoms with E-state index in [1.165, 1.54) is 12.1 Å². The number of halogens is 2. The maximum absolute atomic E-state index is 12.9. The fourth-order valence-electron chi connectivity index (χ4n) is 1.29. The Labute approximate surface area is 104 Å². The largest absolute Gasteiger partial charge is 0.490 e. The first-order chi connectivity index (χ1) is 7.50. The molecule has 1 aromatic carbocycles. The summed E-state index contributed by atoms with van der Waals surface area (Å²) < 4.78 is 19.0. The summed E-state index contributed by atoms with van der Waals surface area (Å²) in [4.78, 5) is 2.08. The van der Waals surface area contributed by atoms with Gasteiger partial charge in [-0.15, -0.1) is 0 Å². The summed E-state index contributed by atoms with van der Waals surface area (Å²) in [7, 11) is 4.00. The Morgan fingerprint density at radius 2 is 2.12 bits per heavy atom. The summed E-state index contributed by atoms with van der Waals surface area (Å²) >= 11 is 3.22. The van der Waals surface area contributed by atoms with Gasteiger partial charge in [0.05, 0.1) is 16.8 Å². The van der Waals surface area contributed by atoms with Crippen LogP contribution >= 0.6 is 15.9 Å². The number of nitrogens with two attached hydrogens (primary N) is 1. The van der Waals surface area contributed by atoms with Crippen molar-refractivity contribution in [2.45, 2.75) is 6.42 Å². The smallest absolute Gasteiger partial charge is 0.156 e. The van der Waals surface area contributed by atoms with Crippen molar-refractivity contribution in [2.75, 3.05) is 33.0 Å². The molecular formula is C11H16BrFN2O. The van der Waals surface area contributed by atoms with Crippen LogP contribution < -0.4 is 10.5 Å². The molecule has 0 aliphatic rings. The Balaban J connectivity index is 2.54. The topological polar surface area (TPSA) is 38.5 Å². The highest BCUT2D eigenvalue weighted by molar-refractivity contribution is 9.10. The number of ether oxygens (including phenoxy) is 1.